The maximum Gasteiger partial charge on any atom is 0.303 e. The minimum Gasteiger partial charge on any atom is -0.481 e. The highest BCUT2D eigenvalue weighted by atomic mass is 19.1. The number of carboxylic acids is 1. The van der Waals surface area contributed by atoms with Gasteiger partial charge in [0.15, 0.2) is 0 Å². The quantitative estimate of drug-likeness (QED) is 0.924. The molecular weight excluding hydrogens is 261 g/mol. The van der Waals surface area contributed by atoms with Crippen LogP contribution in [-0.2, 0) is 4.79 Å². The Bertz CT molecular complexity index is 522. The number of nitrogens with zero attached hydrogens (tertiary/aromatic N) is 1. The number of hydrogen-bond acceptors (Lipinski definition) is 2. The third kappa shape index (κ3) is 3.35. The van der Waals surface area contributed by atoms with E-state index in [1.807, 2.05) is 0 Å². The van der Waals surface area contributed by atoms with Gasteiger partial charge in [-0.05, 0) is 43.4 Å². The number of aliphatic carboxylic acids is 1. The molecule has 20 heavy (non-hydrogen) atoms. The van der Waals surface area contributed by atoms with E-state index in [9.17, 15) is 14.0 Å². The van der Waals surface area contributed by atoms with E-state index in [0.29, 0.717) is 31.5 Å². The van der Waals surface area contributed by atoms with Crippen LogP contribution in [0.5, 0.6) is 0 Å². The fourth-order valence-electron chi connectivity index (χ4n) is 2.58. The van der Waals surface area contributed by atoms with E-state index >= 15 is 0 Å². The van der Waals surface area contributed by atoms with Crippen LogP contribution >= 0.6 is 0 Å². The second-order valence-corrected chi connectivity index (χ2v) is 5.29. The van der Waals surface area contributed by atoms with Crippen LogP contribution in [0.3, 0.4) is 0 Å². The fraction of sp³-hybridized carbons (Fsp3) is 0.467. The van der Waals surface area contributed by atoms with Gasteiger partial charge in [-0.25, -0.2) is 4.39 Å². The highest BCUT2D eigenvalue weighted by molar-refractivity contribution is 5.95. The summed E-state index contributed by atoms with van der Waals surface area (Å²) in [6.45, 7) is 2.85. The Kier molecular flexibility index (Phi) is 4.37. The van der Waals surface area contributed by atoms with Crippen molar-refractivity contribution >= 4 is 11.9 Å². The SMILES string of the molecule is Cc1ccc(F)cc1C(=O)N1CCC(CC(=O)O)CC1. The number of rotatable bonds is 3. The molecule has 0 aliphatic carbocycles. The lowest BCUT2D eigenvalue weighted by Gasteiger charge is -2.31. The molecule has 108 valence electrons. The molecule has 0 bridgehead atoms. The van der Waals surface area contributed by atoms with Gasteiger partial charge in [-0.15, -0.1) is 0 Å². The standard InChI is InChI=1S/C15H18FNO3/c1-10-2-3-12(16)9-13(10)15(20)17-6-4-11(5-7-17)8-14(18)19/h2-3,9,11H,4-8H2,1H3,(H,18,19). The molecule has 2 rings (SSSR count). The Morgan fingerprint density at radius 1 is 1.35 bits per heavy atom. The van der Waals surface area contributed by atoms with Crippen LogP contribution in [-0.4, -0.2) is 35.0 Å². The number of carbonyl (C=O) groups excluding carboxylic acids is 1. The smallest absolute Gasteiger partial charge is 0.303 e. The third-order valence-corrected chi connectivity index (χ3v) is 3.80. The molecule has 1 aliphatic heterocycles. The molecule has 1 N–H and O–H groups in total. The molecule has 0 spiro atoms. The summed E-state index contributed by atoms with van der Waals surface area (Å²) in [5.74, 6) is -1.25. The Morgan fingerprint density at radius 3 is 2.60 bits per heavy atom. The Morgan fingerprint density at radius 2 is 2.00 bits per heavy atom. The molecular formula is C15H18FNO3. The summed E-state index contributed by atoms with van der Waals surface area (Å²) >= 11 is 0. The zero-order valence-corrected chi connectivity index (χ0v) is 11.4. The highest BCUT2D eigenvalue weighted by Gasteiger charge is 2.25. The van der Waals surface area contributed by atoms with Crippen LogP contribution in [0.4, 0.5) is 4.39 Å². The monoisotopic (exact) mass is 279 g/mol. The third-order valence-electron chi connectivity index (χ3n) is 3.80. The largest absolute Gasteiger partial charge is 0.481 e. The van der Waals surface area contributed by atoms with Gasteiger partial charge < -0.3 is 10.0 Å². The molecule has 1 amide bonds. The number of likely N-dealkylation sites (tertiary alicyclic amines) is 1. The number of amides is 1. The molecule has 1 aliphatic rings. The van der Waals surface area contributed by atoms with Crippen LogP contribution in [0.1, 0.15) is 35.2 Å². The molecule has 5 heteroatoms. The summed E-state index contributed by atoms with van der Waals surface area (Å²) in [5, 5.41) is 8.76. The number of halogens is 1. The molecule has 0 aromatic heterocycles. The number of piperidine rings is 1. The number of benzene rings is 1. The van der Waals surface area contributed by atoms with Crippen LogP contribution in [0, 0.1) is 18.7 Å². The number of aryl methyl sites for hydroxylation is 1. The van der Waals surface area contributed by atoms with Crippen molar-refractivity contribution in [3.8, 4) is 0 Å². The van der Waals surface area contributed by atoms with Gasteiger partial charge in [-0.1, -0.05) is 6.07 Å². The van der Waals surface area contributed by atoms with Crippen molar-refractivity contribution in [1.29, 1.82) is 0 Å². The lowest BCUT2D eigenvalue weighted by Crippen LogP contribution is -2.39. The summed E-state index contributed by atoms with van der Waals surface area (Å²) in [6.07, 6.45) is 1.53. The highest BCUT2D eigenvalue weighted by Crippen LogP contribution is 2.22. The van der Waals surface area contributed by atoms with E-state index in [-0.39, 0.29) is 18.2 Å². The summed E-state index contributed by atoms with van der Waals surface area (Å²) in [7, 11) is 0. The molecule has 0 unspecified atom stereocenters. The van der Waals surface area contributed by atoms with Crippen molar-refractivity contribution in [3.05, 3.63) is 35.1 Å². The Labute approximate surface area is 117 Å². The number of carbonyl (C=O) groups is 2. The van der Waals surface area contributed by atoms with Gasteiger partial charge >= 0.3 is 5.97 Å². The first kappa shape index (κ1) is 14.5. The van der Waals surface area contributed by atoms with Crippen molar-refractivity contribution in [2.45, 2.75) is 26.2 Å². The molecule has 1 fully saturated rings. The maximum absolute atomic E-state index is 13.2. The van der Waals surface area contributed by atoms with E-state index in [2.05, 4.69) is 0 Å². The van der Waals surface area contributed by atoms with Gasteiger partial charge in [-0.3, -0.25) is 9.59 Å². The molecule has 0 atom stereocenters. The molecule has 1 aromatic carbocycles. The van der Waals surface area contributed by atoms with Gasteiger partial charge in [0.25, 0.3) is 5.91 Å². The first-order valence-corrected chi connectivity index (χ1v) is 6.74. The van der Waals surface area contributed by atoms with E-state index in [4.69, 9.17) is 5.11 Å². The average molecular weight is 279 g/mol. The predicted octanol–water partition coefficient (Wildman–Crippen LogP) is 2.46. The molecule has 0 saturated carbocycles. The fourth-order valence-corrected chi connectivity index (χ4v) is 2.58. The summed E-state index contributed by atoms with van der Waals surface area (Å²) in [5.41, 5.74) is 1.14. The van der Waals surface area contributed by atoms with Gasteiger partial charge in [0, 0.05) is 25.1 Å². The average Bonchev–Trinajstić information content (AvgIpc) is 2.41. The van der Waals surface area contributed by atoms with E-state index in [0.717, 1.165) is 5.56 Å². The Balaban J connectivity index is 2.01. The van der Waals surface area contributed by atoms with Crippen LogP contribution in [0.25, 0.3) is 0 Å². The van der Waals surface area contributed by atoms with Crippen molar-refractivity contribution < 1.29 is 19.1 Å². The summed E-state index contributed by atoms with van der Waals surface area (Å²) < 4.78 is 13.2. The van der Waals surface area contributed by atoms with Gasteiger partial charge in [-0.2, -0.15) is 0 Å². The van der Waals surface area contributed by atoms with Crippen molar-refractivity contribution in [2.24, 2.45) is 5.92 Å². The van der Waals surface area contributed by atoms with E-state index < -0.39 is 11.8 Å². The second kappa shape index (κ2) is 6.03. The summed E-state index contributed by atoms with van der Waals surface area (Å²) in [4.78, 5) is 24.7. The van der Waals surface area contributed by atoms with Gasteiger partial charge in [0.1, 0.15) is 5.82 Å². The van der Waals surface area contributed by atoms with Crippen molar-refractivity contribution in [2.75, 3.05) is 13.1 Å². The normalized spacial score (nSPS) is 16.2. The summed E-state index contributed by atoms with van der Waals surface area (Å²) in [6, 6.07) is 4.20. The van der Waals surface area contributed by atoms with Crippen molar-refractivity contribution in [1.82, 2.24) is 4.90 Å². The zero-order valence-electron chi connectivity index (χ0n) is 11.4. The topological polar surface area (TPSA) is 57.6 Å². The van der Waals surface area contributed by atoms with Crippen LogP contribution in [0.15, 0.2) is 18.2 Å². The Hall–Kier alpha value is -1.91. The first-order valence-electron chi connectivity index (χ1n) is 6.74. The molecule has 1 saturated heterocycles. The van der Waals surface area contributed by atoms with Gasteiger partial charge in [0.05, 0.1) is 0 Å². The number of hydrogen-bond donors (Lipinski definition) is 1. The molecule has 4 nitrogen and oxygen atoms in total. The lowest BCUT2D eigenvalue weighted by molar-refractivity contribution is -0.138. The molecule has 0 radical (unpaired) electrons. The van der Waals surface area contributed by atoms with Crippen LogP contribution < -0.4 is 0 Å². The minimum atomic E-state index is -0.796. The predicted molar refractivity (Wildman–Crippen MR) is 72.0 cm³/mol. The van der Waals surface area contributed by atoms with E-state index in [1.165, 1.54) is 12.1 Å². The first-order chi connectivity index (χ1) is 9.47. The molecule has 1 aromatic rings. The van der Waals surface area contributed by atoms with E-state index in [1.54, 1.807) is 17.9 Å². The lowest BCUT2D eigenvalue weighted by atomic mass is 9.93. The maximum atomic E-state index is 13.2. The zero-order chi connectivity index (χ0) is 14.7. The molecule has 1 heterocycles. The van der Waals surface area contributed by atoms with Crippen LogP contribution in [0.2, 0.25) is 0 Å². The number of carboxylic acid groups (broad SMARTS) is 1. The second-order valence-electron chi connectivity index (χ2n) is 5.29. The van der Waals surface area contributed by atoms with Crippen molar-refractivity contribution in [3.63, 3.8) is 0 Å². The van der Waals surface area contributed by atoms with Gasteiger partial charge in [0.2, 0.25) is 0 Å². The minimum absolute atomic E-state index is 0.130.